The summed E-state index contributed by atoms with van der Waals surface area (Å²) >= 11 is 12.8. The summed E-state index contributed by atoms with van der Waals surface area (Å²) in [5.74, 6) is -0.516. The number of rotatable bonds is 1. The Morgan fingerprint density at radius 3 is 2.50 bits per heavy atom. The summed E-state index contributed by atoms with van der Waals surface area (Å²) in [6.45, 7) is 0. The summed E-state index contributed by atoms with van der Waals surface area (Å²) in [5.41, 5.74) is 0.145. The van der Waals surface area contributed by atoms with E-state index in [2.05, 4.69) is 4.98 Å². The normalized spacial score (nSPS) is 11.2. The van der Waals surface area contributed by atoms with Crippen molar-refractivity contribution in [2.75, 3.05) is 0 Å². The van der Waals surface area contributed by atoms with Crippen LogP contribution in [-0.4, -0.2) is 15.5 Å². The molecule has 4 nitrogen and oxygen atoms in total. The summed E-state index contributed by atoms with van der Waals surface area (Å²) in [4.78, 5) is 28.9. The maximum atomic E-state index is 12.9. The molecule has 2 heterocycles. The van der Waals surface area contributed by atoms with Crippen LogP contribution in [0.3, 0.4) is 0 Å². The lowest BCUT2D eigenvalue weighted by Gasteiger charge is -2.06. The van der Waals surface area contributed by atoms with Gasteiger partial charge in [-0.15, -0.1) is 11.3 Å². The average molecular weight is 373 g/mol. The molecule has 0 amide bonds. The minimum atomic E-state index is -0.516. The first-order valence-corrected chi connectivity index (χ1v) is 8.64. The van der Waals surface area contributed by atoms with E-state index in [0.29, 0.717) is 20.8 Å². The Balaban J connectivity index is 2.00. The first kappa shape index (κ1) is 15.3. The van der Waals surface area contributed by atoms with Gasteiger partial charge in [0.25, 0.3) is 11.5 Å². The van der Waals surface area contributed by atoms with Gasteiger partial charge in [0.1, 0.15) is 4.88 Å². The van der Waals surface area contributed by atoms with Gasteiger partial charge in [-0.1, -0.05) is 41.9 Å². The smallest absolute Gasteiger partial charge is 0.278 e. The minimum Gasteiger partial charge on any atom is -0.331 e. The van der Waals surface area contributed by atoms with Gasteiger partial charge in [-0.2, -0.15) is 0 Å². The molecule has 0 saturated heterocycles. The van der Waals surface area contributed by atoms with Crippen LogP contribution >= 0.6 is 35.2 Å². The summed E-state index contributed by atoms with van der Waals surface area (Å²) in [6, 6.07) is 14.4. The highest BCUT2D eigenvalue weighted by Gasteiger charge is 2.21. The molecule has 2 aromatic heterocycles. The van der Waals surface area contributed by atoms with Gasteiger partial charge < -0.3 is 4.98 Å². The number of carbonyl (C=O) groups is 1. The summed E-state index contributed by atoms with van der Waals surface area (Å²) < 4.78 is 1.90. The Hall–Kier alpha value is -2.28. The zero-order valence-corrected chi connectivity index (χ0v) is 14.5. The van der Waals surface area contributed by atoms with Crippen LogP contribution in [0.25, 0.3) is 21.0 Å². The van der Waals surface area contributed by atoms with Crippen LogP contribution < -0.4 is 5.56 Å². The van der Waals surface area contributed by atoms with Crippen molar-refractivity contribution in [2.45, 2.75) is 0 Å². The third-order valence-corrected chi connectivity index (χ3v) is 5.69. The lowest BCUT2D eigenvalue weighted by molar-refractivity contribution is 0.0958. The second kappa shape index (κ2) is 5.66. The lowest BCUT2D eigenvalue weighted by atomic mass is 10.2. The molecule has 7 heteroatoms. The molecule has 0 atom stereocenters. The Morgan fingerprint density at radius 2 is 1.75 bits per heavy atom. The summed E-state index contributed by atoms with van der Waals surface area (Å²) in [6.07, 6.45) is 0. The number of aromatic amines is 1. The van der Waals surface area contributed by atoms with E-state index in [1.165, 1.54) is 11.3 Å². The maximum Gasteiger partial charge on any atom is 0.278 e. The van der Waals surface area contributed by atoms with Crippen LogP contribution in [0.5, 0.6) is 0 Å². The first-order valence-electron chi connectivity index (χ1n) is 7.04. The van der Waals surface area contributed by atoms with E-state index in [-0.39, 0.29) is 4.77 Å². The van der Waals surface area contributed by atoms with Gasteiger partial charge in [-0.3, -0.25) is 9.59 Å². The van der Waals surface area contributed by atoms with Crippen LogP contribution in [0.15, 0.2) is 53.3 Å². The fourth-order valence-electron chi connectivity index (χ4n) is 2.60. The number of aromatic nitrogens is 2. The van der Waals surface area contributed by atoms with Crippen molar-refractivity contribution < 1.29 is 4.79 Å². The van der Waals surface area contributed by atoms with Crippen molar-refractivity contribution in [2.24, 2.45) is 0 Å². The monoisotopic (exact) mass is 372 g/mol. The maximum absolute atomic E-state index is 12.9. The van der Waals surface area contributed by atoms with E-state index in [0.717, 1.165) is 14.7 Å². The number of benzene rings is 2. The number of carbonyl (C=O) groups excluding carboxylic acids is 1. The Morgan fingerprint density at radius 1 is 1.08 bits per heavy atom. The van der Waals surface area contributed by atoms with E-state index in [4.69, 9.17) is 23.8 Å². The van der Waals surface area contributed by atoms with E-state index in [1.807, 2.05) is 24.3 Å². The number of para-hydroxylation sites is 1. The topological polar surface area (TPSA) is 54.9 Å². The van der Waals surface area contributed by atoms with Crippen molar-refractivity contribution in [3.05, 3.63) is 73.6 Å². The van der Waals surface area contributed by atoms with Gasteiger partial charge >= 0.3 is 0 Å². The molecular formula is C17H9ClN2O2S2. The van der Waals surface area contributed by atoms with Crippen molar-refractivity contribution in [3.8, 4) is 0 Å². The third-order valence-electron chi connectivity index (χ3n) is 3.74. The van der Waals surface area contributed by atoms with Gasteiger partial charge in [0, 0.05) is 10.1 Å². The van der Waals surface area contributed by atoms with Crippen molar-refractivity contribution in [1.82, 2.24) is 9.55 Å². The van der Waals surface area contributed by atoms with Gasteiger partial charge in [0.2, 0.25) is 0 Å². The molecule has 0 radical (unpaired) electrons. The van der Waals surface area contributed by atoms with Crippen LogP contribution in [0.4, 0.5) is 0 Å². The van der Waals surface area contributed by atoms with Crippen molar-refractivity contribution in [3.63, 3.8) is 0 Å². The van der Waals surface area contributed by atoms with Gasteiger partial charge in [0.05, 0.1) is 15.9 Å². The molecule has 0 fully saturated rings. The van der Waals surface area contributed by atoms with E-state index in [1.54, 1.807) is 24.3 Å². The number of halogens is 1. The van der Waals surface area contributed by atoms with Gasteiger partial charge in [-0.05, 0) is 30.4 Å². The number of nitrogens with zero attached hydrogens (tertiary/aromatic N) is 1. The van der Waals surface area contributed by atoms with E-state index in [9.17, 15) is 9.59 Å². The fourth-order valence-corrected chi connectivity index (χ4v) is 4.32. The predicted octanol–water partition coefficient (Wildman–Crippen LogP) is 4.62. The van der Waals surface area contributed by atoms with Gasteiger partial charge in [-0.25, -0.2) is 4.57 Å². The minimum absolute atomic E-state index is 0.0530. The zero-order chi connectivity index (χ0) is 16.8. The second-order valence-electron chi connectivity index (χ2n) is 5.16. The molecule has 0 spiro atoms. The molecule has 118 valence electrons. The Kier molecular flexibility index (Phi) is 3.60. The highest BCUT2D eigenvalue weighted by Crippen LogP contribution is 2.35. The molecule has 0 aliphatic heterocycles. The highest BCUT2D eigenvalue weighted by atomic mass is 35.5. The number of nitrogens with one attached hydrogen (secondary N) is 1. The fraction of sp³-hybridized carbons (Fsp3) is 0. The first-order chi connectivity index (χ1) is 11.6. The molecule has 2 aromatic carbocycles. The van der Waals surface area contributed by atoms with Crippen LogP contribution in [0.1, 0.15) is 9.67 Å². The zero-order valence-electron chi connectivity index (χ0n) is 12.1. The molecule has 24 heavy (non-hydrogen) atoms. The number of H-pyrrole nitrogens is 1. The summed E-state index contributed by atoms with van der Waals surface area (Å²) in [5, 5.41) is 1.53. The lowest BCUT2D eigenvalue weighted by Crippen LogP contribution is -2.28. The predicted molar refractivity (Wildman–Crippen MR) is 100.0 cm³/mol. The molecule has 4 aromatic rings. The van der Waals surface area contributed by atoms with Crippen LogP contribution in [-0.2, 0) is 0 Å². The van der Waals surface area contributed by atoms with Crippen molar-refractivity contribution in [1.29, 1.82) is 0 Å². The molecule has 4 rings (SSSR count). The SMILES string of the molecule is O=C(c1sc2ccccc2c1Cl)n1c(=S)[nH]c2ccccc2c1=O. The molecule has 0 bridgehead atoms. The molecule has 1 N–H and O–H groups in total. The standard InChI is InChI=1S/C17H9ClN2O2S2/c18-13-10-6-2-4-8-12(10)24-14(13)16(22)20-15(21)9-5-1-3-7-11(9)19-17(20)23/h1-8H,(H,19,23). The van der Waals surface area contributed by atoms with Crippen LogP contribution in [0.2, 0.25) is 5.02 Å². The Labute approximate surface area is 149 Å². The highest BCUT2D eigenvalue weighted by molar-refractivity contribution is 7.71. The van der Waals surface area contributed by atoms with Gasteiger partial charge in [0.15, 0.2) is 4.77 Å². The molecular weight excluding hydrogens is 364 g/mol. The Bertz CT molecular complexity index is 1240. The van der Waals surface area contributed by atoms with Crippen molar-refractivity contribution >= 4 is 62.1 Å². The van der Waals surface area contributed by atoms with E-state index < -0.39 is 11.5 Å². The third kappa shape index (κ3) is 2.23. The largest absolute Gasteiger partial charge is 0.331 e. The number of fused-ring (bicyclic) bond motifs is 2. The van der Waals surface area contributed by atoms with E-state index >= 15 is 0 Å². The molecule has 0 unspecified atom stereocenters. The molecule has 0 aliphatic carbocycles. The molecule has 0 saturated carbocycles. The average Bonchev–Trinajstić information content (AvgIpc) is 2.92. The number of hydrogen-bond acceptors (Lipinski definition) is 4. The second-order valence-corrected chi connectivity index (χ2v) is 6.98. The number of thiophene rings is 1. The number of hydrogen-bond donors (Lipinski definition) is 1. The summed E-state index contributed by atoms with van der Waals surface area (Å²) in [7, 11) is 0. The quantitative estimate of drug-likeness (QED) is 0.496. The van der Waals surface area contributed by atoms with Crippen LogP contribution in [0, 0.1) is 4.77 Å². The molecule has 0 aliphatic rings.